The van der Waals surface area contributed by atoms with Crippen molar-refractivity contribution in [3.8, 4) is 24.7 Å². The van der Waals surface area contributed by atoms with Gasteiger partial charge in [-0.05, 0) is 18.1 Å². The summed E-state index contributed by atoms with van der Waals surface area (Å²) >= 11 is 0. The fourth-order valence-corrected chi connectivity index (χ4v) is 1.70. The van der Waals surface area contributed by atoms with Gasteiger partial charge in [0, 0.05) is 12.1 Å². The number of nitrogens with zero attached hydrogens (tertiary/aromatic N) is 3. The van der Waals surface area contributed by atoms with E-state index >= 15 is 0 Å². The fraction of sp³-hybridized carbons (Fsp3) is 0.385. The van der Waals surface area contributed by atoms with Gasteiger partial charge < -0.3 is 14.7 Å². The largest absolute Gasteiger partial charge is 0.332 e. The summed E-state index contributed by atoms with van der Waals surface area (Å²) in [5.41, 5.74) is 1.02. The molecule has 0 saturated heterocycles. The van der Waals surface area contributed by atoms with Gasteiger partial charge in [-0.2, -0.15) is 4.98 Å². The van der Waals surface area contributed by atoms with Crippen LogP contribution < -0.4 is 10.2 Å². The van der Waals surface area contributed by atoms with Gasteiger partial charge in [-0.3, -0.25) is 0 Å². The molecule has 2 rings (SSSR count). The van der Waals surface area contributed by atoms with E-state index in [1.54, 1.807) is 4.90 Å². The highest BCUT2D eigenvalue weighted by Gasteiger charge is 2.16. The van der Waals surface area contributed by atoms with E-state index in [9.17, 15) is 0 Å². The summed E-state index contributed by atoms with van der Waals surface area (Å²) in [5.74, 6) is 6.00. The zero-order valence-corrected chi connectivity index (χ0v) is 10.0. The second-order valence-corrected chi connectivity index (χ2v) is 3.86. The summed E-state index contributed by atoms with van der Waals surface area (Å²) in [4.78, 5) is 6.03. The Morgan fingerprint density at radius 1 is 1.39 bits per heavy atom. The molecule has 0 radical (unpaired) electrons. The molecular formula is C13H14N4O. The van der Waals surface area contributed by atoms with Gasteiger partial charge in [-0.25, -0.2) is 0 Å². The third-order valence-electron chi connectivity index (χ3n) is 2.56. The lowest BCUT2D eigenvalue weighted by atomic mass is 10.1. The Balaban J connectivity index is 2.16. The standard InChI is InChI=1S/C13H14N4O/c1-3-8-17(9-4-2)13-15-12(18-16-13)11-6-5-7-14-10-11/h1-2,6,14H,5,7-10H2. The molecule has 0 atom stereocenters. The van der Waals surface area contributed by atoms with Crippen LogP contribution in [0.15, 0.2) is 10.6 Å². The first-order chi connectivity index (χ1) is 8.85. The first-order valence-corrected chi connectivity index (χ1v) is 5.71. The molecule has 2 heterocycles. The number of rotatable bonds is 4. The summed E-state index contributed by atoms with van der Waals surface area (Å²) in [6, 6.07) is 0. The highest BCUT2D eigenvalue weighted by atomic mass is 16.5. The molecule has 5 nitrogen and oxygen atoms in total. The van der Waals surface area contributed by atoms with E-state index in [1.165, 1.54) is 0 Å². The zero-order chi connectivity index (χ0) is 12.8. The Bertz CT molecular complexity index is 502. The molecule has 1 aliphatic heterocycles. The van der Waals surface area contributed by atoms with Gasteiger partial charge in [0.15, 0.2) is 0 Å². The normalized spacial score (nSPS) is 14.4. The minimum Gasteiger partial charge on any atom is -0.332 e. The summed E-state index contributed by atoms with van der Waals surface area (Å²) in [6.07, 6.45) is 13.6. The Morgan fingerprint density at radius 2 is 2.17 bits per heavy atom. The van der Waals surface area contributed by atoms with Crippen LogP contribution in [0.5, 0.6) is 0 Å². The lowest BCUT2D eigenvalue weighted by Gasteiger charge is -2.13. The third-order valence-corrected chi connectivity index (χ3v) is 2.56. The van der Waals surface area contributed by atoms with Crippen molar-refractivity contribution in [2.45, 2.75) is 6.42 Å². The molecule has 0 saturated carbocycles. The highest BCUT2D eigenvalue weighted by molar-refractivity contribution is 5.61. The molecule has 0 bridgehead atoms. The number of nitrogens with one attached hydrogen (secondary N) is 1. The molecule has 1 aromatic heterocycles. The average Bonchev–Trinajstić information content (AvgIpc) is 2.89. The first kappa shape index (κ1) is 12.2. The molecule has 0 amide bonds. The van der Waals surface area contributed by atoms with Crippen molar-refractivity contribution in [3.05, 3.63) is 12.0 Å². The number of terminal acetylenes is 2. The van der Waals surface area contributed by atoms with Crippen LogP contribution in [0, 0.1) is 24.7 Å². The van der Waals surface area contributed by atoms with Crippen LogP contribution in [-0.2, 0) is 0 Å². The Labute approximate surface area is 106 Å². The SMILES string of the molecule is C#CCN(CC#C)c1noc(C2=CCCNC2)n1. The zero-order valence-electron chi connectivity index (χ0n) is 10.0. The van der Waals surface area contributed by atoms with Gasteiger partial charge >= 0.3 is 0 Å². The Morgan fingerprint density at radius 3 is 2.78 bits per heavy atom. The number of hydrogen-bond donors (Lipinski definition) is 1. The quantitative estimate of drug-likeness (QED) is 0.780. The molecule has 1 aromatic rings. The van der Waals surface area contributed by atoms with Crippen LogP contribution in [0.2, 0.25) is 0 Å². The molecule has 92 valence electrons. The van der Waals surface area contributed by atoms with E-state index in [0.29, 0.717) is 24.9 Å². The number of hydrogen-bond acceptors (Lipinski definition) is 5. The molecule has 0 aromatic carbocycles. The highest BCUT2D eigenvalue weighted by Crippen LogP contribution is 2.17. The number of aromatic nitrogens is 2. The Kier molecular flexibility index (Phi) is 4.01. The second-order valence-electron chi connectivity index (χ2n) is 3.86. The topological polar surface area (TPSA) is 54.2 Å². The van der Waals surface area contributed by atoms with E-state index in [4.69, 9.17) is 17.4 Å². The first-order valence-electron chi connectivity index (χ1n) is 5.71. The van der Waals surface area contributed by atoms with E-state index in [1.807, 2.05) is 0 Å². The van der Waals surface area contributed by atoms with Crippen LogP contribution in [-0.4, -0.2) is 36.3 Å². The van der Waals surface area contributed by atoms with Gasteiger partial charge in [0.05, 0.1) is 13.1 Å². The van der Waals surface area contributed by atoms with Crippen molar-refractivity contribution in [2.75, 3.05) is 31.1 Å². The molecule has 0 fully saturated rings. The van der Waals surface area contributed by atoms with Crippen molar-refractivity contribution >= 4 is 11.5 Å². The summed E-state index contributed by atoms with van der Waals surface area (Å²) < 4.78 is 5.23. The van der Waals surface area contributed by atoms with Crippen molar-refractivity contribution in [2.24, 2.45) is 0 Å². The maximum atomic E-state index is 5.28. The molecule has 1 aliphatic rings. The van der Waals surface area contributed by atoms with Crippen LogP contribution in [0.3, 0.4) is 0 Å². The average molecular weight is 242 g/mol. The van der Waals surface area contributed by atoms with E-state index < -0.39 is 0 Å². The van der Waals surface area contributed by atoms with Crippen molar-refractivity contribution < 1.29 is 4.52 Å². The third kappa shape index (κ3) is 2.71. The van der Waals surface area contributed by atoms with Crippen LogP contribution in [0.4, 0.5) is 5.95 Å². The smallest absolute Gasteiger partial charge is 0.267 e. The Hall–Kier alpha value is -2.24. The summed E-state index contributed by atoms with van der Waals surface area (Å²) in [5, 5.41) is 7.16. The second kappa shape index (κ2) is 5.90. The van der Waals surface area contributed by atoms with Crippen LogP contribution >= 0.6 is 0 Å². The lowest BCUT2D eigenvalue weighted by Crippen LogP contribution is -2.25. The lowest BCUT2D eigenvalue weighted by molar-refractivity contribution is 0.404. The van der Waals surface area contributed by atoms with Gasteiger partial charge in [0.2, 0.25) is 0 Å². The number of anilines is 1. The summed E-state index contributed by atoms with van der Waals surface area (Å²) in [6.45, 7) is 2.44. The molecule has 1 N–H and O–H groups in total. The molecule has 18 heavy (non-hydrogen) atoms. The van der Waals surface area contributed by atoms with Gasteiger partial charge in [0.1, 0.15) is 0 Å². The molecule has 0 spiro atoms. The van der Waals surface area contributed by atoms with Crippen molar-refractivity contribution in [1.29, 1.82) is 0 Å². The van der Waals surface area contributed by atoms with Crippen LogP contribution in [0.1, 0.15) is 12.3 Å². The van der Waals surface area contributed by atoms with E-state index in [2.05, 4.69) is 33.4 Å². The predicted molar refractivity (Wildman–Crippen MR) is 69.6 cm³/mol. The predicted octanol–water partition coefficient (Wildman–Crippen LogP) is 0.519. The molecule has 5 heteroatoms. The fourth-order valence-electron chi connectivity index (χ4n) is 1.70. The van der Waals surface area contributed by atoms with E-state index in [-0.39, 0.29) is 0 Å². The molecule has 0 unspecified atom stereocenters. The van der Waals surface area contributed by atoms with Gasteiger partial charge in [0.25, 0.3) is 11.8 Å². The maximum absolute atomic E-state index is 5.28. The van der Waals surface area contributed by atoms with Crippen molar-refractivity contribution in [1.82, 2.24) is 15.5 Å². The van der Waals surface area contributed by atoms with Crippen LogP contribution in [0.25, 0.3) is 5.57 Å². The minimum absolute atomic E-state index is 0.362. The van der Waals surface area contributed by atoms with Gasteiger partial charge in [-0.15, -0.1) is 12.8 Å². The summed E-state index contributed by atoms with van der Waals surface area (Å²) in [7, 11) is 0. The molecular weight excluding hydrogens is 228 g/mol. The molecule has 0 aliphatic carbocycles. The van der Waals surface area contributed by atoms with Gasteiger partial charge in [-0.1, -0.05) is 17.9 Å². The monoisotopic (exact) mass is 242 g/mol. The maximum Gasteiger partial charge on any atom is 0.267 e. The minimum atomic E-state index is 0.362. The van der Waals surface area contributed by atoms with E-state index in [0.717, 1.165) is 25.1 Å². The van der Waals surface area contributed by atoms with Crippen molar-refractivity contribution in [3.63, 3.8) is 0 Å².